The number of hydrogen-bond donors (Lipinski definition) is 1. The largest absolute Gasteiger partial charge is 0.469 e. The maximum absolute atomic E-state index is 11.0. The van der Waals surface area contributed by atoms with E-state index in [1.807, 2.05) is 6.92 Å². The van der Waals surface area contributed by atoms with E-state index in [1.54, 1.807) is 0 Å². The number of ether oxygens (including phenoxy) is 1. The van der Waals surface area contributed by atoms with Gasteiger partial charge in [-0.25, -0.2) is 0 Å². The molecule has 0 spiro atoms. The molecule has 0 aromatic heterocycles. The molecule has 1 atom stereocenters. The molecular weight excluding hydrogens is 192 g/mol. The van der Waals surface area contributed by atoms with E-state index >= 15 is 0 Å². The van der Waals surface area contributed by atoms with Crippen molar-refractivity contribution in [1.29, 1.82) is 0 Å². The monoisotopic (exact) mass is 214 g/mol. The highest BCUT2D eigenvalue weighted by molar-refractivity contribution is 5.69. The van der Waals surface area contributed by atoms with Crippen molar-refractivity contribution >= 4 is 5.97 Å². The molecule has 1 heterocycles. The Morgan fingerprint density at radius 3 is 2.73 bits per heavy atom. The van der Waals surface area contributed by atoms with Crippen LogP contribution in [-0.2, 0) is 9.53 Å². The molecule has 4 nitrogen and oxygen atoms in total. The minimum Gasteiger partial charge on any atom is -0.469 e. The summed E-state index contributed by atoms with van der Waals surface area (Å²) in [5.41, 5.74) is 0. The van der Waals surface area contributed by atoms with Crippen molar-refractivity contribution in [2.45, 2.75) is 32.2 Å². The number of rotatable bonds is 6. The van der Waals surface area contributed by atoms with Gasteiger partial charge in [-0.15, -0.1) is 0 Å². The molecule has 4 heteroatoms. The topological polar surface area (TPSA) is 41.6 Å². The summed E-state index contributed by atoms with van der Waals surface area (Å²) in [6, 6.07) is 0.208. The second kappa shape index (κ2) is 6.80. The van der Waals surface area contributed by atoms with Crippen LogP contribution in [0.5, 0.6) is 0 Å². The lowest BCUT2D eigenvalue weighted by Gasteiger charge is -2.17. The molecule has 1 aliphatic heterocycles. The van der Waals surface area contributed by atoms with Crippen LogP contribution >= 0.6 is 0 Å². The molecule has 1 fully saturated rings. The first-order chi connectivity index (χ1) is 7.22. The molecule has 1 N–H and O–H groups in total. The lowest BCUT2D eigenvalue weighted by Crippen LogP contribution is -2.36. The molecule has 1 aliphatic rings. The highest BCUT2D eigenvalue weighted by Gasteiger charge is 2.12. The van der Waals surface area contributed by atoms with Crippen molar-refractivity contribution in [1.82, 2.24) is 10.2 Å². The third-order valence-electron chi connectivity index (χ3n) is 2.82. The number of carbonyl (C=O) groups is 1. The minimum atomic E-state index is -0.142. The third kappa shape index (κ3) is 5.14. The van der Waals surface area contributed by atoms with Crippen LogP contribution in [0, 0.1) is 0 Å². The lowest BCUT2D eigenvalue weighted by molar-refractivity contribution is -0.141. The molecule has 1 rings (SSSR count). The number of nitrogens with zero attached hydrogens (tertiary/aromatic N) is 1. The Labute approximate surface area is 92.0 Å². The summed E-state index contributed by atoms with van der Waals surface area (Å²) in [4.78, 5) is 13.4. The molecule has 0 aromatic rings. The summed E-state index contributed by atoms with van der Waals surface area (Å²) in [5.74, 6) is -0.142. The number of hydrogen-bond acceptors (Lipinski definition) is 4. The highest BCUT2D eigenvalue weighted by atomic mass is 16.5. The summed E-state index contributed by atoms with van der Waals surface area (Å²) in [6.45, 7) is 6.52. The fourth-order valence-electron chi connectivity index (χ4n) is 1.88. The maximum atomic E-state index is 11.0. The normalized spacial score (nSPS) is 19.1. The zero-order chi connectivity index (χ0) is 11.1. The number of likely N-dealkylation sites (tertiary alicyclic amines) is 1. The van der Waals surface area contributed by atoms with Gasteiger partial charge in [-0.05, 0) is 32.9 Å². The van der Waals surface area contributed by atoms with Crippen molar-refractivity contribution < 1.29 is 9.53 Å². The summed E-state index contributed by atoms with van der Waals surface area (Å²) < 4.78 is 4.61. The van der Waals surface area contributed by atoms with Gasteiger partial charge < -0.3 is 15.0 Å². The Kier molecular flexibility index (Phi) is 5.65. The average Bonchev–Trinajstić information content (AvgIpc) is 2.70. The number of carbonyl (C=O) groups excluding carboxylic acids is 1. The SMILES string of the molecule is COC(=O)CC(C)NCCN1CCCC1. The first-order valence-corrected chi connectivity index (χ1v) is 5.75. The van der Waals surface area contributed by atoms with E-state index in [4.69, 9.17) is 0 Å². The van der Waals surface area contributed by atoms with Gasteiger partial charge in [0.25, 0.3) is 0 Å². The summed E-state index contributed by atoms with van der Waals surface area (Å²) >= 11 is 0. The lowest BCUT2D eigenvalue weighted by atomic mass is 10.2. The molecule has 0 bridgehead atoms. The molecule has 0 saturated carbocycles. The Morgan fingerprint density at radius 2 is 2.13 bits per heavy atom. The maximum Gasteiger partial charge on any atom is 0.307 e. The van der Waals surface area contributed by atoms with Crippen molar-refractivity contribution in [3.63, 3.8) is 0 Å². The fraction of sp³-hybridized carbons (Fsp3) is 0.909. The van der Waals surface area contributed by atoms with Crippen LogP contribution < -0.4 is 5.32 Å². The van der Waals surface area contributed by atoms with E-state index < -0.39 is 0 Å². The summed E-state index contributed by atoms with van der Waals surface area (Å²) in [6.07, 6.45) is 3.12. The van der Waals surface area contributed by atoms with Gasteiger partial charge in [-0.2, -0.15) is 0 Å². The molecule has 1 saturated heterocycles. The Bertz CT molecular complexity index is 191. The molecule has 0 amide bonds. The molecule has 0 radical (unpaired) electrons. The van der Waals surface area contributed by atoms with Gasteiger partial charge >= 0.3 is 5.97 Å². The first-order valence-electron chi connectivity index (χ1n) is 5.75. The van der Waals surface area contributed by atoms with Crippen LogP contribution in [0.1, 0.15) is 26.2 Å². The Morgan fingerprint density at radius 1 is 1.47 bits per heavy atom. The van der Waals surface area contributed by atoms with Crippen molar-refractivity contribution in [3.8, 4) is 0 Å². The smallest absolute Gasteiger partial charge is 0.307 e. The van der Waals surface area contributed by atoms with Crippen molar-refractivity contribution in [3.05, 3.63) is 0 Å². The number of nitrogens with one attached hydrogen (secondary N) is 1. The van der Waals surface area contributed by atoms with Crippen LogP contribution in [0.25, 0.3) is 0 Å². The molecule has 15 heavy (non-hydrogen) atoms. The molecule has 0 aromatic carbocycles. The zero-order valence-corrected chi connectivity index (χ0v) is 9.79. The van der Waals surface area contributed by atoms with E-state index in [0.717, 1.165) is 13.1 Å². The number of methoxy groups -OCH3 is 1. The summed E-state index contributed by atoms with van der Waals surface area (Å²) in [5, 5.41) is 3.33. The van der Waals surface area contributed by atoms with Crippen molar-refractivity contribution in [2.24, 2.45) is 0 Å². The van der Waals surface area contributed by atoms with Crippen LogP contribution in [0.3, 0.4) is 0 Å². The standard InChI is InChI=1S/C11H22N2O2/c1-10(9-11(14)15-2)12-5-8-13-6-3-4-7-13/h10,12H,3-9H2,1-2H3. The van der Waals surface area contributed by atoms with E-state index in [1.165, 1.54) is 33.0 Å². The van der Waals surface area contributed by atoms with Gasteiger partial charge in [0, 0.05) is 19.1 Å². The molecule has 1 unspecified atom stereocenters. The van der Waals surface area contributed by atoms with Crippen LogP contribution in [0.15, 0.2) is 0 Å². The van der Waals surface area contributed by atoms with E-state index in [2.05, 4.69) is 15.0 Å². The third-order valence-corrected chi connectivity index (χ3v) is 2.82. The second-order valence-corrected chi connectivity index (χ2v) is 4.18. The second-order valence-electron chi connectivity index (χ2n) is 4.18. The Hall–Kier alpha value is -0.610. The van der Waals surface area contributed by atoms with Gasteiger partial charge in [0.1, 0.15) is 0 Å². The van der Waals surface area contributed by atoms with E-state index in [0.29, 0.717) is 6.42 Å². The molecule has 0 aliphatic carbocycles. The molecular formula is C11H22N2O2. The van der Waals surface area contributed by atoms with E-state index in [-0.39, 0.29) is 12.0 Å². The predicted molar refractivity (Wildman–Crippen MR) is 59.8 cm³/mol. The fourth-order valence-corrected chi connectivity index (χ4v) is 1.88. The van der Waals surface area contributed by atoms with E-state index in [9.17, 15) is 4.79 Å². The zero-order valence-electron chi connectivity index (χ0n) is 9.79. The quantitative estimate of drug-likeness (QED) is 0.658. The molecule has 88 valence electrons. The van der Waals surface area contributed by atoms with Gasteiger partial charge in [-0.3, -0.25) is 4.79 Å². The minimum absolute atomic E-state index is 0.142. The average molecular weight is 214 g/mol. The summed E-state index contributed by atoms with van der Waals surface area (Å²) in [7, 11) is 1.43. The van der Waals surface area contributed by atoms with Crippen molar-refractivity contribution in [2.75, 3.05) is 33.3 Å². The number of esters is 1. The van der Waals surface area contributed by atoms with Crippen LogP contribution in [0.4, 0.5) is 0 Å². The van der Waals surface area contributed by atoms with Gasteiger partial charge in [0.15, 0.2) is 0 Å². The Balaban J connectivity index is 2.00. The van der Waals surface area contributed by atoms with Crippen LogP contribution in [0.2, 0.25) is 0 Å². The van der Waals surface area contributed by atoms with Gasteiger partial charge in [0.2, 0.25) is 0 Å². The highest BCUT2D eigenvalue weighted by Crippen LogP contribution is 2.05. The van der Waals surface area contributed by atoms with Crippen LogP contribution in [-0.4, -0.2) is 50.2 Å². The van der Waals surface area contributed by atoms with Gasteiger partial charge in [0.05, 0.1) is 13.5 Å². The first kappa shape index (κ1) is 12.5. The predicted octanol–water partition coefficient (Wildman–Crippen LogP) is 0.623. The van der Waals surface area contributed by atoms with Gasteiger partial charge in [-0.1, -0.05) is 0 Å².